The van der Waals surface area contributed by atoms with Gasteiger partial charge in [0.1, 0.15) is 11.9 Å². The van der Waals surface area contributed by atoms with Gasteiger partial charge in [-0.2, -0.15) is 13.2 Å². The monoisotopic (exact) mass is 403 g/mol. The summed E-state index contributed by atoms with van der Waals surface area (Å²) >= 11 is 1.15. The molecule has 0 radical (unpaired) electrons. The molecule has 1 aliphatic rings. The summed E-state index contributed by atoms with van der Waals surface area (Å²) in [6, 6.07) is -1.57. The molecule has 6 nitrogen and oxygen atoms in total. The third-order valence-electron chi connectivity index (χ3n) is 4.21. The van der Waals surface area contributed by atoms with E-state index in [1.54, 1.807) is 0 Å². The lowest BCUT2D eigenvalue weighted by Gasteiger charge is -2.25. The molecule has 0 aliphatic carbocycles. The van der Waals surface area contributed by atoms with E-state index >= 15 is 0 Å². The first-order valence-electron chi connectivity index (χ1n) is 8.20. The Balaban J connectivity index is 1.69. The van der Waals surface area contributed by atoms with Gasteiger partial charge in [0.15, 0.2) is 10.9 Å². The van der Waals surface area contributed by atoms with Crippen molar-refractivity contribution in [1.82, 2.24) is 19.9 Å². The Kier molecular flexibility index (Phi) is 5.70. The zero-order chi connectivity index (χ0) is 19.6. The summed E-state index contributed by atoms with van der Waals surface area (Å²) in [7, 11) is 0. The summed E-state index contributed by atoms with van der Waals surface area (Å²) in [5.74, 6) is -0.829. The number of hydrogen-bond acceptors (Lipinski definition) is 6. The quantitative estimate of drug-likeness (QED) is 0.777. The van der Waals surface area contributed by atoms with Gasteiger partial charge in [0.25, 0.3) is 0 Å². The Morgan fingerprint density at radius 3 is 2.63 bits per heavy atom. The molecular formula is C16H17F4N5OS. The topological polar surface area (TPSA) is 71.0 Å². The third kappa shape index (κ3) is 5.19. The van der Waals surface area contributed by atoms with E-state index in [-0.39, 0.29) is 37.8 Å². The lowest BCUT2D eigenvalue weighted by molar-refractivity contribution is -0.177. The maximum Gasteiger partial charge on any atom is 0.404 e. The fourth-order valence-electron chi connectivity index (χ4n) is 3.15. The van der Waals surface area contributed by atoms with Crippen molar-refractivity contribution in [1.29, 1.82) is 0 Å². The fourth-order valence-corrected chi connectivity index (χ4v) is 4.04. The minimum Gasteiger partial charge on any atom is -0.302 e. The summed E-state index contributed by atoms with van der Waals surface area (Å²) in [5.41, 5.74) is 0. The number of rotatable bonds is 5. The van der Waals surface area contributed by atoms with Gasteiger partial charge in [-0.1, -0.05) is 0 Å². The molecule has 2 atom stereocenters. The van der Waals surface area contributed by atoms with Crippen LogP contribution in [0.4, 0.5) is 22.7 Å². The van der Waals surface area contributed by atoms with Crippen molar-refractivity contribution in [3.63, 3.8) is 0 Å². The van der Waals surface area contributed by atoms with Gasteiger partial charge in [-0.3, -0.25) is 9.69 Å². The van der Waals surface area contributed by atoms with Crippen LogP contribution in [0.25, 0.3) is 0 Å². The van der Waals surface area contributed by atoms with E-state index < -0.39 is 18.0 Å². The highest BCUT2D eigenvalue weighted by molar-refractivity contribution is 7.15. The van der Waals surface area contributed by atoms with Crippen molar-refractivity contribution < 1.29 is 22.4 Å². The van der Waals surface area contributed by atoms with E-state index in [9.17, 15) is 22.4 Å². The molecule has 1 amide bonds. The standard InChI is InChI=1S/C16H17F4N5OS/c1-9(26)24-15-23-6-12(27-15)8-25-7-10(2-13(25)16(18,19)20)3-14-21-4-11(17)5-22-14/h4-6,10,13H,2-3,7-8H2,1H3,(H,23,24,26)/t10-,13+/m1/s1. The van der Waals surface area contributed by atoms with Gasteiger partial charge < -0.3 is 5.32 Å². The average molecular weight is 403 g/mol. The number of likely N-dealkylation sites (tertiary alicyclic amines) is 1. The van der Waals surface area contributed by atoms with Gasteiger partial charge in [0.2, 0.25) is 5.91 Å². The van der Waals surface area contributed by atoms with Crippen LogP contribution in [-0.4, -0.2) is 44.5 Å². The molecule has 1 fully saturated rings. The Hall–Kier alpha value is -2.14. The van der Waals surface area contributed by atoms with Gasteiger partial charge in [-0.15, -0.1) is 11.3 Å². The first-order chi connectivity index (χ1) is 12.7. The smallest absolute Gasteiger partial charge is 0.302 e. The number of alkyl halides is 3. The van der Waals surface area contributed by atoms with Crippen LogP contribution in [0.15, 0.2) is 18.6 Å². The molecule has 11 heteroatoms. The summed E-state index contributed by atoms with van der Waals surface area (Å²) in [5, 5.41) is 2.88. The molecule has 1 N–H and O–H groups in total. The third-order valence-corrected chi connectivity index (χ3v) is 5.11. The molecule has 146 valence electrons. The maximum atomic E-state index is 13.5. The van der Waals surface area contributed by atoms with Crippen molar-refractivity contribution in [2.24, 2.45) is 5.92 Å². The Labute approximate surface area is 156 Å². The Morgan fingerprint density at radius 2 is 2.00 bits per heavy atom. The highest BCUT2D eigenvalue weighted by atomic mass is 32.1. The van der Waals surface area contributed by atoms with Crippen LogP contribution in [0, 0.1) is 11.7 Å². The second-order valence-electron chi connectivity index (χ2n) is 6.42. The molecule has 0 saturated carbocycles. The minimum atomic E-state index is -4.36. The van der Waals surface area contributed by atoms with Crippen molar-refractivity contribution in [2.75, 3.05) is 11.9 Å². The first-order valence-corrected chi connectivity index (χ1v) is 9.02. The predicted molar refractivity (Wildman–Crippen MR) is 90.5 cm³/mol. The van der Waals surface area contributed by atoms with Crippen LogP contribution < -0.4 is 5.32 Å². The minimum absolute atomic E-state index is 0.0679. The lowest BCUT2D eigenvalue weighted by Crippen LogP contribution is -2.40. The Morgan fingerprint density at radius 1 is 1.30 bits per heavy atom. The molecule has 3 rings (SSSR count). The van der Waals surface area contributed by atoms with Gasteiger partial charge >= 0.3 is 6.18 Å². The van der Waals surface area contributed by atoms with Crippen molar-refractivity contribution in [3.05, 3.63) is 35.1 Å². The molecule has 27 heavy (non-hydrogen) atoms. The van der Waals surface area contributed by atoms with Gasteiger partial charge in [0.05, 0.1) is 12.4 Å². The van der Waals surface area contributed by atoms with Crippen LogP contribution in [0.1, 0.15) is 24.0 Å². The number of anilines is 1. The molecule has 0 spiro atoms. The van der Waals surface area contributed by atoms with Crippen molar-refractivity contribution >= 4 is 22.4 Å². The van der Waals surface area contributed by atoms with E-state index in [4.69, 9.17) is 0 Å². The molecular weight excluding hydrogens is 386 g/mol. The number of aromatic nitrogens is 3. The molecule has 1 aliphatic heterocycles. The lowest BCUT2D eigenvalue weighted by atomic mass is 10.0. The van der Waals surface area contributed by atoms with E-state index in [1.807, 2.05) is 0 Å². The van der Waals surface area contributed by atoms with Gasteiger partial charge in [-0.05, 0) is 12.3 Å². The number of nitrogens with one attached hydrogen (secondary N) is 1. The maximum absolute atomic E-state index is 13.5. The number of nitrogens with zero attached hydrogens (tertiary/aromatic N) is 4. The molecule has 0 unspecified atom stereocenters. The summed E-state index contributed by atoms with van der Waals surface area (Å²) < 4.78 is 53.3. The highest BCUT2D eigenvalue weighted by Gasteiger charge is 2.49. The first kappa shape index (κ1) is 19.6. The van der Waals surface area contributed by atoms with Crippen molar-refractivity contribution in [2.45, 2.75) is 38.5 Å². The summed E-state index contributed by atoms with van der Waals surface area (Å²) in [6.45, 7) is 1.64. The fraction of sp³-hybridized carbons (Fsp3) is 0.500. The highest BCUT2D eigenvalue weighted by Crippen LogP contribution is 2.37. The average Bonchev–Trinajstić information content (AvgIpc) is 3.16. The van der Waals surface area contributed by atoms with Crippen LogP contribution in [0.2, 0.25) is 0 Å². The molecule has 0 bridgehead atoms. The molecule has 2 aromatic heterocycles. The normalized spacial score (nSPS) is 20.8. The number of amides is 1. The second-order valence-corrected chi connectivity index (χ2v) is 7.54. The van der Waals surface area contributed by atoms with Gasteiger partial charge in [0, 0.05) is 37.5 Å². The summed E-state index contributed by atoms with van der Waals surface area (Å²) in [6.07, 6.45) is -0.678. The van der Waals surface area contributed by atoms with E-state index in [0.717, 1.165) is 23.7 Å². The largest absolute Gasteiger partial charge is 0.404 e. The van der Waals surface area contributed by atoms with Crippen LogP contribution >= 0.6 is 11.3 Å². The van der Waals surface area contributed by atoms with Crippen molar-refractivity contribution in [3.8, 4) is 0 Å². The van der Waals surface area contributed by atoms with Crippen LogP contribution in [-0.2, 0) is 17.8 Å². The molecule has 2 aromatic rings. The number of hydrogen-bond donors (Lipinski definition) is 1. The molecule has 1 saturated heterocycles. The van der Waals surface area contributed by atoms with Crippen LogP contribution in [0.3, 0.4) is 0 Å². The van der Waals surface area contributed by atoms with E-state index in [1.165, 1.54) is 18.0 Å². The number of carbonyl (C=O) groups is 1. The second kappa shape index (κ2) is 7.85. The van der Waals surface area contributed by atoms with E-state index in [0.29, 0.717) is 15.8 Å². The number of thiazole rings is 1. The summed E-state index contributed by atoms with van der Waals surface area (Å²) in [4.78, 5) is 24.7. The number of carbonyl (C=O) groups excluding carboxylic acids is 1. The van der Waals surface area contributed by atoms with Crippen LogP contribution in [0.5, 0.6) is 0 Å². The zero-order valence-corrected chi connectivity index (χ0v) is 15.1. The predicted octanol–water partition coefficient (Wildman–Crippen LogP) is 3.03. The van der Waals surface area contributed by atoms with E-state index in [2.05, 4.69) is 20.3 Å². The Bertz CT molecular complexity index is 795. The zero-order valence-electron chi connectivity index (χ0n) is 14.3. The van der Waals surface area contributed by atoms with Gasteiger partial charge in [-0.25, -0.2) is 19.3 Å². The molecule has 0 aromatic carbocycles. The number of halogens is 4. The SMILES string of the molecule is CC(=O)Nc1ncc(CN2C[C@@H](Cc3ncc(F)cn3)C[C@H]2C(F)(F)F)s1. The molecule has 3 heterocycles.